The number of nitrogens with zero attached hydrogens (tertiary/aromatic N) is 1. The van der Waals surface area contributed by atoms with E-state index in [1.54, 1.807) is 30.3 Å². The van der Waals surface area contributed by atoms with Gasteiger partial charge in [0.25, 0.3) is 5.91 Å². The van der Waals surface area contributed by atoms with Gasteiger partial charge in [0.05, 0.1) is 11.5 Å². The van der Waals surface area contributed by atoms with E-state index in [0.29, 0.717) is 42.5 Å². The Morgan fingerprint density at radius 3 is 2.67 bits per heavy atom. The molecule has 2 aliphatic rings. The quantitative estimate of drug-likeness (QED) is 0.820. The van der Waals surface area contributed by atoms with E-state index in [0.717, 1.165) is 0 Å². The number of sulfone groups is 1. The van der Waals surface area contributed by atoms with E-state index >= 15 is 0 Å². The number of rotatable bonds is 4. The Balaban J connectivity index is 1.44. The van der Waals surface area contributed by atoms with Crippen LogP contribution in [0.5, 0.6) is 11.5 Å². The van der Waals surface area contributed by atoms with Crippen molar-refractivity contribution < 1.29 is 22.7 Å². The Bertz CT molecular complexity index is 977. The maximum absolute atomic E-state index is 12.5. The number of amides is 1. The van der Waals surface area contributed by atoms with E-state index in [4.69, 9.17) is 9.47 Å². The first-order valence-corrected chi connectivity index (χ1v) is 10.4. The summed E-state index contributed by atoms with van der Waals surface area (Å²) in [4.78, 5) is 16.6. The average Bonchev–Trinajstić information content (AvgIpc) is 3.00. The molecule has 3 heterocycles. The summed E-state index contributed by atoms with van der Waals surface area (Å²) in [5.74, 6) is 1.16. The summed E-state index contributed by atoms with van der Waals surface area (Å²) in [6.45, 7) is 0.973. The zero-order chi connectivity index (χ0) is 18.9. The van der Waals surface area contributed by atoms with Crippen molar-refractivity contribution in [2.24, 2.45) is 0 Å². The number of anilines is 2. The summed E-state index contributed by atoms with van der Waals surface area (Å²) in [7, 11) is -2.97. The minimum atomic E-state index is -2.97. The number of ether oxygens (including phenoxy) is 2. The maximum Gasteiger partial charge on any atom is 0.274 e. The van der Waals surface area contributed by atoms with Crippen LogP contribution in [0.4, 0.5) is 11.4 Å². The lowest BCUT2D eigenvalue weighted by Crippen LogP contribution is -2.21. The van der Waals surface area contributed by atoms with Crippen molar-refractivity contribution in [2.45, 2.75) is 12.5 Å². The molecule has 27 heavy (non-hydrogen) atoms. The molecule has 1 fully saturated rings. The van der Waals surface area contributed by atoms with Crippen molar-refractivity contribution in [2.75, 3.05) is 35.4 Å². The fraction of sp³-hybridized carbons (Fsp3) is 0.333. The summed E-state index contributed by atoms with van der Waals surface area (Å²) >= 11 is 0. The van der Waals surface area contributed by atoms with Crippen LogP contribution in [0, 0.1) is 0 Å². The highest BCUT2D eigenvalue weighted by Gasteiger charge is 2.27. The van der Waals surface area contributed by atoms with E-state index in [1.165, 1.54) is 6.20 Å². The van der Waals surface area contributed by atoms with Crippen LogP contribution in [-0.2, 0) is 9.84 Å². The van der Waals surface area contributed by atoms with E-state index < -0.39 is 9.84 Å². The number of fused-ring (bicyclic) bond motifs is 1. The lowest BCUT2D eigenvalue weighted by molar-refractivity contribution is 0.102. The molecular weight excluding hydrogens is 370 g/mol. The molecule has 1 aromatic heterocycles. The Labute approximate surface area is 156 Å². The SMILES string of the molecule is O=C(Nc1ccc2c(c1)OCCO2)c1cc(NC2CCS(=O)(=O)C2)ccn1. The fourth-order valence-corrected chi connectivity index (χ4v) is 4.78. The summed E-state index contributed by atoms with van der Waals surface area (Å²) in [5.41, 5.74) is 1.47. The highest BCUT2D eigenvalue weighted by molar-refractivity contribution is 7.91. The highest BCUT2D eigenvalue weighted by atomic mass is 32.2. The molecule has 1 saturated heterocycles. The van der Waals surface area contributed by atoms with E-state index in [-0.39, 0.29) is 29.1 Å². The normalized spacial score (nSPS) is 20.1. The van der Waals surface area contributed by atoms with Crippen LogP contribution in [0.25, 0.3) is 0 Å². The predicted octanol–water partition coefficient (Wildman–Crippen LogP) is 1.70. The van der Waals surface area contributed by atoms with Gasteiger partial charge in [0.1, 0.15) is 18.9 Å². The smallest absolute Gasteiger partial charge is 0.274 e. The summed E-state index contributed by atoms with van der Waals surface area (Å²) in [6.07, 6.45) is 2.08. The second kappa shape index (κ2) is 7.07. The number of aromatic nitrogens is 1. The molecule has 2 aromatic rings. The molecule has 1 unspecified atom stereocenters. The zero-order valence-electron chi connectivity index (χ0n) is 14.5. The molecule has 9 heteroatoms. The summed E-state index contributed by atoms with van der Waals surface area (Å²) in [5, 5.41) is 5.94. The number of carbonyl (C=O) groups excluding carboxylic acids is 1. The molecular formula is C18H19N3O5S. The van der Waals surface area contributed by atoms with Gasteiger partial charge in [-0.15, -0.1) is 0 Å². The molecule has 0 saturated carbocycles. The standard InChI is InChI=1S/C18H19N3O5S/c22-18(21-12-1-2-16-17(10-12)26-7-6-25-16)15-9-13(3-5-19-15)20-14-4-8-27(23,24)11-14/h1-3,5,9-10,14H,4,6-8,11H2,(H,19,20)(H,21,22). The molecule has 1 atom stereocenters. The van der Waals surface area contributed by atoms with Gasteiger partial charge in [0.2, 0.25) is 0 Å². The summed E-state index contributed by atoms with van der Waals surface area (Å²) < 4.78 is 34.1. The number of hydrogen-bond donors (Lipinski definition) is 2. The van der Waals surface area contributed by atoms with Gasteiger partial charge in [-0.2, -0.15) is 0 Å². The first kappa shape index (κ1) is 17.6. The minimum absolute atomic E-state index is 0.105. The van der Waals surface area contributed by atoms with Gasteiger partial charge in [-0.1, -0.05) is 0 Å². The van der Waals surface area contributed by atoms with Crippen LogP contribution in [0.2, 0.25) is 0 Å². The second-order valence-corrected chi connectivity index (χ2v) is 8.72. The fourth-order valence-electron chi connectivity index (χ4n) is 3.11. The lowest BCUT2D eigenvalue weighted by Gasteiger charge is -2.19. The maximum atomic E-state index is 12.5. The molecule has 2 aliphatic heterocycles. The molecule has 2 N–H and O–H groups in total. The number of pyridine rings is 1. The van der Waals surface area contributed by atoms with E-state index in [2.05, 4.69) is 15.6 Å². The Morgan fingerprint density at radius 2 is 1.89 bits per heavy atom. The highest BCUT2D eigenvalue weighted by Crippen LogP contribution is 2.32. The van der Waals surface area contributed by atoms with Crippen LogP contribution < -0.4 is 20.1 Å². The molecule has 1 amide bonds. The Morgan fingerprint density at radius 1 is 1.07 bits per heavy atom. The van der Waals surface area contributed by atoms with E-state index in [9.17, 15) is 13.2 Å². The minimum Gasteiger partial charge on any atom is -0.486 e. The van der Waals surface area contributed by atoms with Crippen LogP contribution >= 0.6 is 0 Å². The molecule has 8 nitrogen and oxygen atoms in total. The van der Waals surface area contributed by atoms with Crippen molar-refractivity contribution in [1.82, 2.24) is 4.98 Å². The van der Waals surface area contributed by atoms with Gasteiger partial charge in [0, 0.05) is 29.7 Å². The molecule has 1 aromatic carbocycles. The van der Waals surface area contributed by atoms with Crippen molar-refractivity contribution in [1.29, 1.82) is 0 Å². The third kappa shape index (κ3) is 4.13. The monoisotopic (exact) mass is 389 g/mol. The Kier molecular flexibility index (Phi) is 4.61. The largest absolute Gasteiger partial charge is 0.486 e. The Hall–Kier alpha value is -2.81. The predicted molar refractivity (Wildman–Crippen MR) is 100 cm³/mol. The van der Waals surface area contributed by atoms with Crippen LogP contribution in [-0.4, -0.2) is 50.1 Å². The topological polar surface area (TPSA) is 107 Å². The number of hydrogen-bond acceptors (Lipinski definition) is 7. The van der Waals surface area contributed by atoms with Crippen LogP contribution in [0.15, 0.2) is 36.5 Å². The van der Waals surface area contributed by atoms with Crippen LogP contribution in [0.3, 0.4) is 0 Å². The van der Waals surface area contributed by atoms with Crippen molar-refractivity contribution in [3.05, 3.63) is 42.2 Å². The van der Waals surface area contributed by atoms with Gasteiger partial charge in [-0.25, -0.2) is 8.42 Å². The van der Waals surface area contributed by atoms with Crippen molar-refractivity contribution >= 4 is 27.1 Å². The van der Waals surface area contributed by atoms with Crippen LogP contribution in [0.1, 0.15) is 16.9 Å². The molecule has 0 radical (unpaired) electrons. The molecule has 142 valence electrons. The molecule has 0 aliphatic carbocycles. The van der Waals surface area contributed by atoms with Gasteiger partial charge in [-0.05, 0) is 30.7 Å². The molecule has 0 spiro atoms. The van der Waals surface area contributed by atoms with Gasteiger partial charge < -0.3 is 20.1 Å². The first-order chi connectivity index (χ1) is 13.0. The van der Waals surface area contributed by atoms with Gasteiger partial charge >= 0.3 is 0 Å². The summed E-state index contributed by atoms with van der Waals surface area (Å²) in [6, 6.07) is 8.36. The molecule has 4 rings (SSSR count). The van der Waals surface area contributed by atoms with Crippen molar-refractivity contribution in [3.63, 3.8) is 0 Å². The van der Waals surface area contributed by atoms with E-state index in [1.807, 2.05) is 0 Å². The third-order valence-corrected chi connectivity index (χ3v) is 6.16. The lowest BCUT2D eigenvalue weighted by atomic mass is 10.2. The third-order valence-electron chi connectivity index (χ3n) is 4.40. The van der Waals surface area contributed by atoms with Gasteiger partial charge in [-0.3, -0.25) is 9.78 Å². The van der Waals surface area contributed by atoms with Gasteiger partial charge in [0.15, 0.2) is 21.3 Å². The number of nitrogens with one attached hydrogen (secondary N) is 2. The number of benzene rings is 1. The molecule has 0 bridgehead atoms. The number of carbonyl (C=O) groups is 1. The zero-order valence-corrected chi connectivity index (χ0v) is 15.3. The first-order valence-electron chi connectivity index (χ1n) is 8.62. The van der Waals surface area contributed by atoms with Crippen molar-refractivity contribution in [3.8, 4) is 11.5 Å². The second-order valence-electron chi connectivity index (χ2n) is 6.49. The average molecular weight is 389 g/mol.